The van der Waals surface area contributed by atoms with Gasteiger partial charge in [-0.15, -0.1) is 0 Å². The molecule has 0 aromatic heterocycles. The van der Waals surface area contributed by atoms with E-state index in [9.17, 15) is 9.90 Å². The first-order chi connectivity index (χ1) is 10.1. The number of ether oxygens (including phenoxy) is 2. The zero-order valence-electron chi connectivity index (χ0n) is 12.2. The van der Waals surface area contributed by atoms with Crippen molar-refractivity contribution in [1.82, 2.24) is 4.90 Å². The Morgan fingerprint density at radius 1 is 1.52 bits per heavy atom. The number of allylic oxidation sites excluding steroid dienone is 1. The number of piperidine rings is 1. The summed E-state index contributed by atoms with van der Waals surface area (Å²) in [6, 6.07) is 0. The normalized spacial score (nSPS) is 29.0. The minimum atomic E-state index is -0.189. The number of nitrogens with zero attached hydrogens (tertiary/aromatic N) is 1. The molecule has 1 aliphatic heterocycles. The van der Waals surface area contributed by atoms with Crippen LogP contribution in [0.3, 0.4) is 0 Å². The fraction of sp³-hybridized carbons (Fsp3) is 0.533. The van der Waals surface area contributed by atoms with Gasteiger partial charge in [-0.05, 0) is 16.6 Å². The van der Waals surface area contributed by atoms with Gasteiger partial charge in [-0.2, -0.15) is 0 Å². The van der Waals surface area contributed by atoms with E-state index in [1.165, 1.54) is 0 Å². The Hall–Kier alpha value is -1.02. The van der Waals surface area contributed by atoms with Crippen molar-refractivity contribution in [3.8, 4) is 0 Å². The van der Waals surface area contributed by atoms with Gasteiger partial charge < -0.3 is 19.5 Å². The molecule has 1 saturated heterocycles. The van der Waals surface area contributed by atoms with Gasteiger partial charge >= 0.3 is 0 Å². The smallest absolute Gasteiger partial charge is 0.226 e. The van der Waals surface area contributed by atoms with Crippen LogP contribution in [0.2, 0.25) is 0 Å². The summed E-state index contributed by atoms with van der Waals surface area (Å²) < 4.78 is 12.2. The SMILES string of the molecule is CO/C=C/C(OC)=C(\C=C/I)CN1CC2(CO)CC2C1=O. The Balaban J connectivity index is 2.16. The monoisotopic (exact) mass is 405 g/mol. The molecule has 5 nitrogen and oxygen atoms in total. The van der Waals surface area contributed by atoms with E-state index in [1.807, 2.05) is 10.2 Å². The molecule has 0 radical (unpaired) electrons. The van der Waals surface area contributed by atoms with Crippen LogP contribution < -0.4 is 0 Å². The topological polar surface area (TPSA) is 59.0 Å². The summed E-state index contributed by atoms with van der Waals surface area (Å²) >= 11 is 2.14. The van der Waals surface area contributed by atoms with Crippen LogP contribution in [0, 0.1) is 11.3 Å². The molecule has 1 amide bonds. The molecular formula is C15H20INO4. The standard InChI is InChI=1S/C15H20INO4/c1-20-6-4-13(21-2)11(3-5-16)8-17-9-15(10-18)7-12(15)14(17)19/h3-6,12,18H,7-10H2,1-2H3/b5-3-,6-4+,13-11-. The highest BCUT2D eigenvalue weighted by molar-refractivity contribution is 14.1. The van der Waals surface area contributed by atoms with E-state index >= 15 is 0 Å². The van der Waals surface area contributed by atoms with Crippen LogP contribution in [0.1, 0.15) is 6.42 Å². The van der Waals surface area contributed by atoms with E-state index in [-0.39, 0.29) is 23.8 Å². The number of likely N-dealkylation sites (tertiary alicyclic amines) is 1. The van der Waals surface area contributed by atoms with E-state index < -0.39 is 0 Å². The van der Waals surface area contributed by atoms with Crippen molar-refractivity contribution in [1.29, 1.82) is 0 Å². The van der Waals surface area contributed by atoms with Gasteiger partial charge in [0.15, 0.2) is 0 Å². The van der Waals surface area contributed by atoms with Gasteiger partial charge in [-0.3, -0.25) is 4.79 Å². The Morgan fingerprint density at radius 3 is 2.81 bits per heavy atom. The average molecular weight is 405 g/mol. The third-order valence-corrected chi connectivity index (χ3v) is 4.50. The van der Waals surface area contributed by atoms with Crippen molar-refractivity contribution in [3.05, 3.63) is 33.8 Å². The highest BCUT2D eigenvalue weighted by Gasteiger charge is 2.64. The maximum atomic E-state index is 12.3. The summed E-state index contributed by atoms with van der Waals surface area (Å²) in [6.45, 7) is 1.19. The predicted octanol–water partition coefficient (Wildman–Crippen LogP) is 1.84. The van der Waals surface area contributed by atoms with Gasteiger partial charge in [0, 0.05) is 36.1 Å². The lowest BCUT2D eigenvalue weighted by Crippen LogP contribution is -2.32. The molecular weight excluding hydrogens is 385 g/mol. The summed E-state index contributed by atoms with van der Waals surface area (Å²) in [5.74, 6) is 0.804. The van der Waals surface area contributed by atoms with Crippen LogP contribution in [0.5, 0.6) is 0 Å². The lowest BCUT2D eigenvalue weighted by Gasteiger charge is -2.21. The van der Waals surface area contributed by atoms with Crippen LogP contribution in [-0.4, -0.2) is 49.8 Å². The van der Waals surface area contributed by atoms with Crippen LogP contribution in [0.4, 0.5) is 0 Å². The van der Waals surface area contributed by atoms with Gasteiger partial charge in [0.2, 0.25) is 5.91 Å². The minimum absolute atomic E-state index is 0.00726. The molecule has 1 saturated carbocycles. The molecule has 21 heavy (non-hydrogen) atoms. The lowest BCUT2D eigenvalue weighted by molar-refractivity contribution is -0.129. The first-order valence-electron chi connectivity index (χ1n) is 6.74. The minimum Gasteiger partial charge on any atom is -0.504 e. The number of hydrogen-bond acceptors (Lipinski definition) is 4. The van der Waals surface area contributed by atoms with E-state index in [0.29, 0.717) is 18.8 Å². The molecule has 2 unspecified atom stereocenters. The quantitative estimate of drug-likeness (QED) is 0.399. The highest BCUT2D eigenvalue weighted by atomic mass is 127. The van der Waals surface area contributed by atoms with Gasteiger partial charge in [-0.25, -0.2) is 0 Å². The number of hydrogen-bond donors (Lipinski definition) is 1. The van der Waals surface area contributed by atoms with Crippen molar-refractivity contribution < 1.29 is 19.4 Å². The number of carbonyl (C=O) groups excluding carboxylic acids is 1. The Kier molecular flexibility index (Phi) is 5.32. The molecule has 2 atom stereocenters. The van der Waals surface area contributed by atoms with E-state index in [1.54, 1.807) is 31.5 Å². The number of halogens is 1. The van der Waals surface area contributed by atoms with Gasteiger partial charge in [0.25, 0.3) is 0 Å². The number of carbonyl (C=O) groups is 1. The predicted molar refractivity (Wildman–Crippen MR) is 87.5 cm³/mol. The third-order valence-electron chi connectivity index (χ3n) is 4.14. The van der Waals surface area contributed by atoms with E-state index in [4.69, 9.17) is 9.47 Å². The van der Waals surface area contributed by atoms with Crippen molar-refractivity contribution >= 4 is 28.5 Å². The summed E-state index contributed by atoms with van der Waals surface area (Å²) in [7, 11) is 3.16. The van der Waals surface area contributed by atoms with Crippen molar-refractivity contribution in [2.45, 2.75) is 6.42 Å². The first kappa shape index (κ1) is 16.4. The second-order valence-corrected chi connectivity index (χ2v) is 6.12. The molecule has 0 bridgehead atoms. The van der Waals surface area contributed by atoms with Gasteiger partial charge in [0.05, 0.1) is 27.1 Å². The summed E-state index contributed by atoms with van der Waals surface area (Å²) in [4.78, 5) is 14.1. The van der Waals surface area contributed by atoms with Crippen LogP contribution in [-0.2, 0) is 14.3 Å². The Bertz CT molecular complexity index is 500. The summed E-state index contributed by atoms with van der Waals surface area (Å²) in [5, 5.41) is 9.45. The maximum Gasteiger partial charge on any atom is 0.226 e. The lowest BCUT2D eigenvalue weighted by atomic mass is 10.1. The molecule has 116 valence electrons. The second-order valence-electron chi connectivity index (χ2n) is 5.40. The summed E-state index contributed by atoms with van der Waals surface area (Å²) in [5.41, 5.74) is 0.717. The molecule has 0 aromatic carbocycles. The number of aliphatic hydroxyl groups is 1. The molecule has 1 N–H and O–H groups in total. The highest BCUT2D eigenvalue weighted by Crippen LogP contribution is 2.58. The number of aliphatic hydroxyl groups excluding tert-OH is 1. The van der Waals surface area contributed by atoms with Crippen molar-refractivity contribution in [3.63, 3.8) is 0 Å². The average Bonchev–Trinajstić information content (AvgIpc) is 3.15. The Labute approximate surface area is 138 Å². The first-order valence-corrected chi connectivity index (χ1v) is 7.99. The van der Waals surface area contributed by atoms with Gasteiger partial charge in [-0.1, -0.05) is 22.6 Å². The molecule has 0 aromatic rings. The number of fused-ring (bicyclic) bond motifs is 1. The van der Waals surface area contributed by atoms with Crippen LogP contribution in [0.25, 0.3) is 0 Å². The van der Waals surface area contributed by atoms with Crippen molar-refractivity contribution in [2.24, 2.45) is 11.3 Å². The van der Waals surface area contributed by atoms with Crippen molar-refractivity contribution in [2.75, 3.05) is 33.9 Å². The van der Waals surface area contributed by atoms with E-state index in [0.717, 1.165) is 12.0 Å². The maximum absolute atomic E-state index is 12.3. The molecule has 0 spiro atoms. The largest absolute Gasteiger partial charge is 0.504 e. The zero-order valence-corrected chi connectivity index (χ0v) is 14.4. The number of rotatable bonds is 7. The molecule has 1 aliphatic carbocycles. The summed E-state index contributed by atoms with van der Waals surface area (Å²) in [6.07, 6.45) is 6.01. The number of amides is 1. The Morgan fingerprint density at radius 2 is 2.29 bits per heavy atom. The third kappa shape index (κ3) is 3.26. The molecule has 2 aliphatic rings. The number of methoxy groups -OCH3 is 2. The molecule has 2 rings (SSSR count). The van der Waals surface area contributed by atoms with Crippen LogP contribution >= 0.6 is 22.6 Å². The fourth-order valence-electron chi connectivity index (χ4n) is 2.84. The second kappa shape index (κ2) is 6.83. The van der Waals surface area contributed by atoms with Gasteiger partial charge in [0.1, 0.15) is 5.76 Å². The fourth-order valence-corrected chi connectivity index (χ4v) is 3.27. The molecule has 2 fully saturated rings. The van der Waals surface area contributed by atoms with Crippen LogP contribution in [0.15, 0.2) is 33.8 Å². The van der Waals surface area contributed by atoms with E-state index in [2.05, 4.69) is 22.6 Å². The molecule has 1 heterocycles. The molecule has 6 heteroatoms. The zero-order chi connectivity index (χ0) is 15.5.